The van der Waals surface area contributed by atoms with Crippen molar-refractivity contribution >= 4 is 38.6 Å². The molecule has 0 bridgehead atoms. The zero-order chi connectivity index (χ0) is 29.8. The molecule has 2 aromatic rings. The number of sulfonamides is 1. The molecule has 1 heterocycles. The van der Waals surface area contributed by atoms with E-state index in [1.165, 1.54) is 19.3 Å². The molecule has 11 heteroatoms. The standard InChI is InChI=1S/C28H42N4O6S/c1-17(2)15-20(24(33)31-23(25(34)29-9)27(3,4)5)22(26(35)38-28(6,7)8)32-39(36,37)21-12-10-11-18-16-30-14-13-19(18)21/h10-14,16-17,20,22-23,32H,15H2,1-9H3,(H,29,34)(H,31,33)/t20-,22+,23-/m1/s1. The van der Waals surface area contributed by atoms with Crippen LogP contribution in [0.5, 0.6) is 0 Å². The van der Waals surface area contributed by atoms with Crippen LogP contribution in [0.3, 0.4) is 0 Å². The summed E-state index contributed by atoms with van der Waals surface area (Å²) in [5.41, 5.74) is -1.60. The highest BCUT2D eigenvalue weighted by molar-refractivity contribution is 7.89. The minimum atomic E-state index is -4.32. The number of esters is 1. The van der Waals surface area contributed by atoms with Crippen molar-refractivity contribution in [3.8, 4) is 0 Å². The summed E-state index contributed by atoms with van der Waals surface area (Å²) in [4.78, 5) is 43.9. The van der Waals surface area contributed by atoms with Gasteiger partial charge in [-0.2, -0.15) is 4.72 Å². The molecule has 0 aliphatic carbocycles. The number of hydrogen-bond acceptors (Lipinski definition) is 7. The SMILES string of the molecule is CNC(=O)[C@@H](NC(=O)[C@H](CC(C)C)[C@H](NS(=O)(=O)c1cccc2cnccc12)C(=O)OC(C)(C)C)C(C)(C)C. The smallest absolute Gasteiger partial charge is 0.325 e. The maximum atomic E-state index is 13.8. The number of amides is 2. The van der Waals surface area contributed by atoms with E-state index in [4.69, 9.17) is 4.74 Å². The van der Waals surface area contributed by atoms with Crippen LogP contribution < -0.4 is 15.4 Å². The van der Waals surface area contributed by atoms with Gasteiger partial charge in [0.2, 0.25) is 21.8 Å². The summed E-state index contributed by atoms with van der Waals surface area (Å²) in [6.45, 7) is 14.1. The lowest BCUT2D eigenvalue weighted by atomic mass is 9.84. The number of fused-ring (bicyclic) bond motifs is 1. The minimum Gasteiger partial charge on any atom is -0.459 e. The van der Waals surface area contributed by atoms with E-state index in [-0.39, 0.29) is 17.2 Å². The van der Waals surface area contributed by atoms with Gasteiger partial charge in [-0.25, -0.2) is 8.42 Å². The van der Waals surface area contributed by atoms with Crippen LogP contribution in [0.15, 0.2) is 41.6 Å². The second-order valence-electron chi connectivity index (χ2n) is 12.1. The highest BCUT2D eigenvalue weighted by Gasteiger charge is 2.42. The Morgan fingerprint density at radius 1 is 1.00 bits per heavy atom. The number of carbonyl (C=O) groups is 3. The van der Waals surface area contributed by atoms with Gasteiger partial charge in [0, 0.05) is 30.2 Å². The van der Waals surface area contributed by atoms with Crippen molar-refractivity contribution in [3.63, 3.8) is 0 Å². The Balaban J connectivity index is 2.61. The lowest BCUT2D eigenvalue weighted by Crippen LogP contribution is -2.58. The average Bonchev–Trinajstić information content (AvgIpc) is 2.81. The van der Waals surface area contributed by atoms with E-state index in [0.29, 0.717) is 10.8 Å². The molecule has 3 N–H and O–H groups in total. The molecule has 2 rings (SSSR count). The molecule has 1 aromatic carbocycles. The Morgan fingerprint density at radius 2 is 1.64 bits per heavy atom. The van der Waals surface area contributed by atoms with Gasteiger partial charge >= 0.3 is 5.97 Å². The fourth-order valence-electron chi connectivity index (χ4n) is 4.19. The van der Waals surface area contributed by atoms with E-state index in [2.05, 4.69) is 20.3 Å². The third-order valence-electron chi connectivity index (χ3n) is 6.00. The molecule has 1 aromatic heterocycles. The van der Waals surface area contributed by atoms with Crippen molar-refractivity contribution < 1.29 is 27.5 Å². The summed E-state index contributed by atoms with van der Waals surface area (Å²) in [7, 11) is -2.85. The number of aromatic nitrogens is 1. The Hall–Kier alpha value is -3.05. The molecule has 0 fully saturated rings. The maximum Gasteiger partial charge on any atom is 0.325 e. The fourth-order valence-corrected chi connectivity index (χ4v) is 5.64. The quantitative estimate of drug-likeness (QED) is 0.377. The van der Waals surface area contributed by atoms with E-state index >= 15 is 0 Å². The van der Waals surface area contributed by atoms with Gasteiger partial charge < -0.3 is 15.4 Å². The van der Waals surface area contributed by atoms with Crippen molar-refractivity contribution in [3.05, 3.63) is 36.7 Å². The van der Waals surface area contributed by atoms with Gasteiger partial charge in [0.15, 0.2) is 0 Å². The van der Waals surface area contributed by atoms with Crippen LogP contribution >= 0.6 is 0 Å². The van der Waals surface area contributed by atoms with Crippen molar-refractivity contribution in [1.82, 2.24) is 20.3 Å². The summed E-state index contributed by atoms with van der Waals surface area (Å²) in [5, 5.41) is 6.34. The summed E-state index contributed by atoms with van der Waals surface area (Å²) in [5.74, 6) is -3.18. The van der Waals surface area contributed by atoms with E-state index in [0.717, 1.165) is 0 Å². The fraction of sp³-hybridized carbons (Fsp3) is 0.571. The molecule has 10 nitrogen and oxygen atoms in total. The molecule has 0 spiro atoms. The highest BCUT2D eigenvalue weighted by Crippen LogP contribution is 2.27. The van der Waals surface area contributed by atoms with E-state index in [9.17, 15) is 22.8 Å². The summed E-state index contributed by atoms with van der Waals surface area (Å²) in [6, 6.07) is 3.83. The zero-order valence-corrected chi connectivity index (χ0v) is 25.1. The molecule has 0 saturated heterocycles. The first kappa shape index (κ1) is 32.2. The Labute approximate surface area is 231 Å². The molecule has 0 unspecified atom stereocenters. The molecule has 216 valence electrons. The monoisotopic (exact) mass is 562 g/mol. The first-order valence-electron chi connectivity index (χ1n) is 13.0. The molecule has 0 aliphatic rings. The number of likely N-dealkylation sites (N-methyl/N-ethyl adjacent to an activating group) is 1. The van der Waals surface area contributed by atoms with Crippen LogP contribution in [-0.2, 0) is 29.1 Å². The van der Waals surface area contributed by atoms with Crippen LogP contribution in [0.25, 0.3) is 10.8 Å². The summed E-state index contributed by atoms with van der Waals surface area (Å²) < 4.78 is 35.5. The minimum absolute atomic E-state index is 0.0578. The first-order valence-corrected chi connectivity index (χ1v) is 14.5. The Bertz CT molecular complexity index is 1290. The van der Waals surface area contributed by atoms with E-state index in [1.807, 2.05) is 13.8 Å². The number of pyridine rings is 1. The number of rotatable bonds is 10. The van der Waals surface area contributed by atoms with Gasteiger partial charge in [-0.3, -0.25) is 19.4 Å². The van der Waals surface area contributed by atoms with E-state index < -0.39 is 56.8 Å². The molecule has 2 amide bonds. The van der Waals surface area contributed by atoms with E-state index in [1.54, 1.807) is 65.9 Å². The Kier molecular flexibility index (Phi) is 10.2. The van der Waals surface area contributed by atoms with Crippen molar-refractivity contribution in [1.29, 1.82) is 0 Å². The van der Waals surface area contributed by atoms with Crippen LogP contribution in [0.4, 0.5) is 0 Å². The van der Waals surface area contributed by atoms with Gasteiger partial charge in [-0.1, -0.05) is 46.8 Å². The lowest BCUT2D eigenvalue weighted by molar-refractivity contribution is -0.160. The maximum absolute atomic E-state index is 13.8. The van der Waals surface area contributed by atoms with Crippen LogP contribution in [0.1, 0.15) is 61.8 Å². The van der Waals surface area contributed by atoms with Crippen molar-refractivity contribution in [2.24, 2.45) is 17.3 Å². The van der Waals surface area contributed by atoms with Gasteiger partial charge in [-0.15, -0.1) is 0 Å². The zero-order valence-electron chi connectivity index (χ0n) is 24.3. The first-order chi connectivity index (χ1) is 17.9. The second-order valence-corrected chi connectivity index (χ2v) is 13.8. The lowest BCUT2D eigenvalue weighted by Gasteiger charge is -2.34. The topological polar surface area (TPSA) is 144 Å². The molecule has 3 atom stereocenters. The predicted octanol–water partition coefficient (Wildman–Crippen LogP) is 3.16. The summed E-state index contributed by atoms with van der Waals surface area (Å²) >= 11 is 0. The number of nitrogens with zero attached hydrogens (tertiary/aromatic N) is 1. The van der Waals surface area contributed by atoms with Crippen LogP contribution in [0, 0.1) is 17.3 Å². The predicted molar refractivity (Wildman–Crippen MR) is 150 cm³/mol. The normalized spacial score (nSPS) is 14.9. The number of benzene rings is 1. The average molecular weight is 563 g/mol. The number of ether oxygens (including phenoxy) is 1. The summed E-state index contributed by atoms with van der Waals surface area (Å²) in [6.07, 6.45) is 3.18. The highest BCUT2D eigenvalue weighted by atomic mass is 32.2. The largest absolute Gasteiger partial charge is 0.459 e. The van der Waals surface area contributed by atoms with Crippen LogP contribution in [-0.4, -0.2) is 55.9 Å². The molecular weight excluding hydrogens is 520 g/mol. The molecular formula is C28H42N4O6S. The van der Waals surface area contributed by atoms with Crippen molar-refractivity contribution in [2.75, 3.05) is 7.05 Å². The molecule has 0 saturated carbocycles. The number of carbonyl (C=O) groups excluding carboxylic acids is 3. The molecule has 0 aliphatic heterocycles. The third kappa shape index (κ3) is 8.72. The third-order valence-corrected chi connectivity index (χ3v) is 7.50. The second kappa shape index (κ2) is 12.4. The number of nitrogens with one attached hydrogen (secondary N) is 3. The molecule has 0 radical (unpaired) electrons. The number of hydrogen-bond donors (Lipinski definition) is 3. The van der Waals surface area contributed by atoms with Gasteiger partial charge in [0.05, 0.1) is 10.8 Å². The van der Waals surface area contributed by atoms with Gasteiger partial charge in [0.1, 0.15) is 17.7 Å². The Morgan fingerprint density at radius 3 is 2.18 bits per heavy atom. The van der Waals surface area contributed by atoms with Gasteiger partial charge in [0.25, 0.3) is 0 Å². The molecule has 39 heavy (non-hydrogen) atoms. The van der Waals surface area contributed by atoms with Gasteiger partial charge in [-0.05, 0) is 50.7 Å². The van der Waals surface area contributed by atoms with Crippen molar-refractivity contribution in [2.45, 2.75) is 84.4 Å². The van der Waals surface area contributed by atoms with Crippen LogP contribution in [0.2, 0.25) is 0 Å².